The van der Waals surface area contributed by atoms with Crippen LogP contribution in [-0.2, 0) is 10.0 Å². The van der Waals surface area contributed by atoms with Crippen molar-refractivity contribution in [3.05, 3.63) is 106 Å². The van der Waals surface area contributed by atoms with Gasteiger partial charge < -0.3 is 19.9 Å². The molecule has 10 rings (SSSR count). The molecule has 3 N–H and O–H groups in total. The van der Waals surface area contributed by atoms with Gasteiger partial charge in [0.2, 0.25) is 5.82 Å². The molecule has 1 spiro atoms. The molecule has 1 amide bonds. The molecule has 0 radical (unpaired) electrons. The van der Waals surface area contributed by atoms with Crippen LogP contribution in [-0.4, -0.2) is 71.3 Å². The quantitative estimate of drug-likeness (QED) is 0.0761. The lowest BCUT2D eigenvalue weighted by atomic mass is 9.60. The highest BCUT2D eigenvalue weighted by molar-refractivity contribution is 7.90. The molecule has 0 unspecified atom stereocenters. The van der Waals surface area contributed by atoms with Crippen molar-refractivity contribution in [1.29, 1.82) is 0 Å². The molecule has 3 saturated carbocycles. The summed E-state index contributed by atoms with van der Waals surface area (Å²) in [7, 11) is -4.59. The highest BCUT2D eigenvalue weighted by Gasteiger charge is 2.55. The van der Waals surface area contributed by atoms with E-state index in [-0.39, 0.29) is 28.0 Å². The summed E-state index contributed by atoms with van der Waals surface area (Å²) >= 11 is 0. The van der Waals surface area contributed by atoms with Crippen molar-refractivity contribution in [3.8, 4) is 11.5 Å². The second-order valence-electron chi connectivity index (χ2n) is 19.3. The van der Waals surface area contributed by atoms with E-state index in [4.69, 9.17) is 4.74 Å². The molecule has 2 aromatic carbocycles. The van der Waals surface area contributed by atoms with Gasteiger partial charge in [0.05, 0.1) is 22.9 Å². The molecular weight excluding hydrogens is 805 g/mol. The van der Waals surface area contributed by atoms with Crippen molar-refractivity contribution in [3.63, 3.8) is 0 Å². The number of hydrogen-bond donors (Lipinski definition) is 3. The van der Waals surface area contributed by atoms with E-state index in [1.54, 1.807) is 36.2 Å². The lowest BCUT2D eigenvalue weighted by Gasteiger charge is -2.62. The predicted octanol–water partition coefficient (Wildman–Crippen LogP) is 9.09. The van der Waals surface area contributed by atoms with E-state index in [0.717, 1.165) is 87.4 Å². The number of pyridine rings is 2. The van der Waals surface area contributed by atoms with E-state index < -0.39 is 31.4 Å². The number of carbonyl (C=O) groups is 1. The molecule has 62 heavy (non-hydrogen) atoms. The van der Waals surface area contributed by atoms with Crippen LogP contribution in [0.15, 0.2) is 84.1 Å². The molecule has 2 aliphatic heterocycles. The van der Waals surface area contributed by atoms with Crippen molar-refractivity contribution >= 4 is 44.2 Å². The zero-order valence-electron chi connectivity index (χ0n) is 35.3. The molecule has 3 aliphatic carbocycles. The fourth-order valence-electron chi connectivity index (χ4n) is 10.6. The molecular formula is C47H54N8O6S. The van der Waals surface area contributed by atoms with Crippen LogP contribution in [0.3, 0.4) is 0 Å². The summed E-state index contributed by atoms with van der Waals surface area (Å²) in [5.74, 6) is 0.633. The maximum absolute atomic E-state index is 13.9. The largest absolute Gasteiger partial charge is 0.455 e. The molecule has 14 nitrogen and oxygen atoms in total. The minimum atomic E-state index is -4.59. The smallest absolute Gasteiger partial charge is 0.312 e. The Labute approximate surface area is 362 Å². The zero-order valence-corrected chi connectivity index (χ0v) is 36.1. The summed E-state index contributed by atoms with van der Waals surface area (Å²) in [4.78, 5) is 41.6. The molecule has 3 aromatic heterocycles. The number of sulfonamides is 1. The Balaban J connectivity index is 0.841. The van der Waals surface area contributed by atoms with Crippen molar-refractivity contribution in [2.24, 2.45) is 16.7 Å². The van der Waals surface area contributed by atoms with Crippen LogP contribution in [0.5, 0.6) is 11.5 Å². The SMILES string of the molecule is CC1(C)CCC(CNc2ncc(S(=O)(=O)NC(=O)c3ccc(N4CC5(CC(N6CCC[C@H]6c6ccccc6C6CC6)C5)C4)cc3Oc3cnc4[nH]ccc4c3)cc2[N+](=O)[O-])CC1. The van der Waals surface area contributed by atoms with Crippen molar-refractivity contribution in [1.82, 2.24) is 24.6 Å². The third kappa shape index (κ3) is 8.00. The Morgan fingerprint density at radius 3 is 2.50 bits per heavy atom. The van der Waals surface area contributed by atoms with E-state index in [1.165, 1.54) is 31.2 Å². The fourth-order valence-corrected chi connectivity index (χ4v) is 11.5. The Morgan fingerprint density at radius 1 is 0.968 bits per heavy atom. The standard InChI is InChI=1S/C47H54N8O6S/c1-46(2)16-13-30(14-17-46)25-49-44-41(55(57)58)22-36(27-51-44)62(59,60)52-45(56)39-12-11-33(21-42(39)61-35-20-32-15-18-48-43(32)50-26-35)53-28-47(29-53)23-34(24-47)54-19-5-8-40(54)38-7-4-3-6-37(38)31-9-10-31/h3-4,6-7,11-12,15,18,20-22,26-27,30-31,34,40H,5,8-10,13-14,16-17,19,23-25,28-29H2,1-2H3,(H,48,50)(H,49,51)(H,52,56)/t40-/m0/s1. The van der Waals surface area contributed by atoms with Gasteiger partial charge >= 0.3 is 5.69 Å². The van der Waals surface area contributed by atoms with E-state index in [9.17, 15) is 23.3 Å². The number of H-pyrrole nitrogens is 1. The summed E-state index contributed by atoms with van der Waals surface area (Å²) in [6.45, 7) is 7.89. The number of hydrogen-bond acceptors (Lipinski definition) is 11. The van der Waals surface area contributed by atoms with Crippen LogP contribution >= 0.6 is 0 Å². The number of ether oxygens (including phenoxy) is 1. The van der Waals surface area contributed by atoms with Gasteiger partial charge in [0.25, 0.3) is 15.9 Å². The minimum absolute atomic E-state index is 0.00975. The molecule has 15 heteroatoms. The Bertz CT molecular complexity index is 2640. The molecule has 5 aliphatic rings. The van der Waals surface area contributed by atoms with Gasteiger partial charge in [-0.1, -0.05) is 38.1 Å². The van der Waals surface area contributed by atoms with Crippen molar-refractivity contribution in [2.75, 3.05) is 36.4 Å². The summed E-state index contributed by atoms with van der Waals surface area (Å²) in [5, 5.41) is 16.0. The highest BCUT2D eigenvalue weighted by atomic mass is 32.2. The number of nitro groups is 1. The molecule has 5 heterocycles. The molecule has 5 fully saturated rings. The number of amides is 1. The molecule has 1 atom stereocenters. The van der Waals surface area contributed by atoms with E-state index in [0.29, 0.717) is 35.9 Å². The van der Waals surface area contributed by atoms with Gasteiger partial charge in [0.1, 0.15) is 22.0 Å². The number of fused-ring (bicyclic) bond motifs is 1. The number of benzene rings is 2. The van der Waals surface area contributed by atoms with E-state index in [1.807, 2.05) is 12.1 Å². The van der Waals surface area contributed by atoms with Crippen LogP contribution in [0.25, 0.3) is 11.0 Å². The first-order valence-electron chi connectivity index (χ1n) is 22.1. The van der Waals surface area contributed by atoms with Gasteiger partial charge in [-0.25, -0.2) is 23.1 Å². The van der Waals surface area contributed by atoms with E-state index >= 15 is 0 Å². The summed E-state index contributed by atoms with van der Waals surface area (Å²) in [5.41, 5.74) is 4.64. The van der Waals surface area contributed by atoms with Gasteiger partial charge in [-0.3, -0.25) is 19.8 Å². The summed E-state index contributed by atoms with van der Waals surface area (Å²) in [6, 6.07) is 19.9. The monoisotopic (exact) mass is 858 g/mol. The number of nitrogens with zero attached hydrogens (tertiary/aromatic N) is 5. The van der Waals surface area contributed by atoms with Crippen LogP contribution in [0.4, 0.5) is 17.2 Å². The first kappa shape index (κ1) is 40.5. The third-order valence-electron chi connectivity index (χ3n) is 14.3. The zero-order chi connectivity index (χ0) is 42.8. The predicted molar refractivity (Wildman–Crippen MR) is 237 cm³/mol. The average Bonchev–Trinajstić information content (AvgIpc) is 3.77. The Hall–Kier alpha value is -5.54. The summed E-state index contributed by atoms with van der Waals surface area (Å²) in [6.07, 6.45) is 15.8. The third-order valence-corrected chi connectivity index (χ3v) is 15.6. The lowest BCUT2D eigenvalue weighted by molar-refractivity contribution is -0.384. The molecule has 2 saturated heterocycles. The second kappa shape index (κ2) is 15.7. The fraction of sp³-hybridized carbons (Fsp3) is 0.468. The number of aromatic nitrogens is 3. The lowest BCUT2D eigenvalue weighted by Crippen LogP contribution is -2.66. The topological polar surface area (TPSA) is 176 Å². The summed E-state index contributed by atoms with van der Waals surface area (Å²) < 4.78 is 35.8. The van der Waals surface area contributed by atoms with Gasteiger partial charge in [-0.2, -0.15) is 0 Å². The van der Waals surface area contributed by atoms with Crippen molar-refractivity contribution in [2.45, 2.75) is 101 Å². The van der Waals surface area contributed by atoms with E-state index in [2.05, 4.69) is 72.9 Å². The van der Waals surface area contributed by atoms with Gasteiger partial charge in [-0.15, -0.1) is 0 Å². The first-order chi connectivity index (χ1) is 29.8. The first-order valence-corrected chi connectivity index (χ1v) is 23.6. The molecule has 0 bridgehead atoms. The van der Waals surface area contributed by atoms with Crippen LogP contribution < -0.4 is 19.7 Å². The Morgan fingerprint density at radius 2 is 1.74 bits per heavy atom. The van der Waals surface area contributed by atoms with Gasteiger partial charge in [0, 0.05) is 66.5 Å². The Kier molecular flexibility index (Phi) is 10.2. The maximum atomic E-state index is 13.9. The number of nitrogens with one attached hydrogen (secondary N) is 3. The highest BCUT2D eigenvalue weighted by Crippen LogP contribution is 2.55. The van der Waals surface area contributed by atoms with Gasteiger partial charge in [0.15, 0.2) is 0 Å². The second-order valence-corrected chi connectivity index (χ2v) is 21.0. The van der Waals surface area contributed by atoms with Crippen LogP contribution in [0, 0.1) is 26.9 Å². The number of carbonyl (C=O) groups excluding carboxylic acids is 1. The molecule has 5 aromatic rings. The number of aromatic amines is 1. The van der Waals surface area contributed by atoms with Crippen molar-refractivity contribution < 1.29 is 22.9 Å². The molecule has 324 valence electrons. The number of rotatable bonds is 13. The van der Waals surface area contributed by atoms with Crippen LogP contribution in [0.2, 0.25) is 0 Å². The van der Waals surface area contributed by atoms with Crippen LogP contribution in [0.1, 0.15) is 112 Å². The maximum Gasteiger partial charge on any atom is 0.312 e. The number of likely N-dealkylation sites (tertiary alicyclic amines) is 1. The normalized spacial score (nSPS) is 21.4. The van der Waals surface area contributed by atoms with Gasteiger partial charge in [-0.05, 0) is 123 Å². The minimum Gasteiger partial charge on any atom is -0.455 e. The average molecular weight is 859 g/mol. The number of anilines is 2.